The number of benzene rings is 2. The number of fused-ring (bicyclic) bond motifs is 11. The molecular formula is C43H50O8. The zero-order valence-electron chi connectivity index (χ0n) is 29.6. The van der Waals surface area contributed by atoms with Gasteiger partial charge in [-0.1, -0.05) is 25.3 Å². The minimum Gasteiger partial charge on any atom is -0.462 e. The topological polar surface area (TPSA) is 105 Å². The lowest BCUT2D eigenvalue weighted by Gasteiger charge is -2.31. The van der Waals surface area contributed by atoms with Crippen LogP contribution in [0.5, 0.6) is 0 Å². The molecule has 6 aliphatic carbocycles. The Labute approximate surface area is 300 Å². The third-order valence-electron chi connectivity index (χ3n) is 14.0. The monoisotopic (exact) mass is 694 g/mol. The summed E-state index contributed by atoms with van der Waals surface area (Å²) in [6.07, 6.45) is 10.3. The second-order valence-electron chi connectivity index (χ2n) is 16.8. The fourth-order valence-corrected chi connectivity index (χ4v) is 11.9. The van der Waals surface area contributed by atoms with E-state index in [4.69, 9.17) is 18.9 Å². The van der Waals surface area contributed by atoms with E-state index in [0.29, 0.717) is 114 Å². The van der Waals surface area contributed by atoms with Gasteiger partial charge in [-0.3, -0.25) is 0 Å². The number of rotatable bonds is 12. The highest BCUT2D eigenvalue weighted by molar-refractivity contribution is 5.99. The predicted octanol–water partition coefficient (Wildman–Crippen LogP) is 7.60. The third kappa shape index (κ3) is 6.64. The van der Waals surface area contributed by atoms with E-state index < -0.39 is 0 Å². The number of esters is 4. The van der Waals surface area contributed by atoms with Crippen LogP contribution in [0.2, 0.25) is 0 Å². The molecule has 6 fully saturated rings. The van der Waals surface area contributed by atoms with Crippen molar-refractivity contribution in [1.82, 2.24) is 0 Å². The summed E-state index contributed by atoms with van der Waals surface area (Å²) < 4.78 is 22.6. The molecule has 0 radical (unpaired) electrons. The van der Waals surface area contributed by atoms with Crippen LogP contribution in [0.15, 0.2) is 61.2 Å². The van der Waals surface area contributed by atoms with Gasteiger partial charge in [0.25, 0.3) is 0 Å². The summed E-state index contributed by atoms with van der Waals surface area (Å²) in [7, 11) is 0. The number of carbonyl (C=O) groups excluding carboxylic acids is 4. The van der Waals surface area contributed by atoms with E-state index in [1.54, 1.807) is 19.1 Å². The van der Waals surface area contributed by atoms with Gasteiger partial charge in [0.1, 0.15) is 0 Å². The molecule has 0 N–H and O–H groups in total. The van der Waals surface area contributed by atoms with Crippen LogP contribution in [-0.4, -0.2) is 50.3 Å². The number of hydrogen-bond donors (Lipinski definition) is 0. The first-order chi connectivity index (χ1) is 24.6. The normalized spacial score (nSPS) is 35.3. The second kappa shape index (κ2) is 13.9. The van der Waals surface area contributed by atoms with Crippen molar-refractivity contribution >= 4 is 34.6 Å². The second-order valence-corrected chi connectivity index (χ2v) is 16.8. The molecule has 2 aromatic rings. The Hall–Kier alpha value is -3.94. The quantitative estimate of drug-likeness (QED) is 0.127. The molecule has 6 aliphatic rings. The Bertz CT molecular complexity index is 1740. The van der Waals surface area contributed by atoms with Gasteiger partial charge in [0.05, 0.1) is 37.6 Å². The van der Waals surface area contributed by atoms with E-state index in [0.717, 1.165) is 49.3 Å². The Balaban J connectivity index is 0.796. The molecule has 0 spiro atoms. The van der Waals surface area contributed by atoms with Gasteiger partial charge in [-0.15, -0.1) is 0 Å². The number of ether oxygens (including phenoxy) is 4. The van der Waals surface area contributed by atoms with Crippen LogP contribution in [0.25, 0.3) is 10.8 Å². The molecule has 2 aromatic carbocycles. The van der Waals surface area contributed by atoms with Gasteiger partial charge in [-0.2, -0.15) is 0 Å². The zero-order valence-corrected chi connectivity index (χ0v) is 29.6. The van der Waals surface area contributed by atoms with E-state index in [2.05, 4.69) is 13.2 Å². The Morgan fingerprint density at radius 3 is 1.55 bits per heavy atom. The van der Waals surface area contributed by atoms with Crippen molar-refractivity contribution in [1.29, 1.82) is 0 Å². The highest BCUT2D eigenvalue weighted by atomic mass is 16.5. The van der Waals surface area contributed by atoms with Crippen molar-refractivity contribution in [2.45, 2.75) is 58.3 Å². The SMILES string of the molecule is C=CC(=O)OCC1C[C@H]2C[C@@H]1C1CC(COC(=O)c3ccc4cc(C(=O)OCC5CC6C7C[C@@H](CC7COC(=O)C(=C)C)[C@H]6C5)ccc4c3)CC12. The van der Waals surface area contributed by atoms with Crippen molar-refractivity contribution < 1.29 is 38.1 Å². The average Bonchev–Trinajstić information content (AvgIpc) is 3.98. The maximum atomic E-state index is 13.1. The zero-order chi connectivity index (χ0) is 35.4. The van der Waals surface area contributed by atoms with Crippen molar-refractivity contribution in [3.63, 3.8) is 0 Å². The van der Waals surface area contributed by atoms with Gasteiger partial charge in [0.15, 0.2) is 0 Å². The average molecular weight is 695 g/mol. The molecular weight excluding hydrogens is 644 g/mol. The summed E-state index contributed by atoms with van der Waals surface area (Å²) in [6, 6.07) is 11.0. The van der Waals surface area contributed by atoms with E-state index in [-0.39, 0.29) is 23.9 Å². The van der Waals surface area contributed by atoms with Gasteiger partial charge in [0, 0.05) is 11.6 Å². The van der Waals surface area contributed by atoms with Crippen molar-refractivity contribution in [2.75, 3.05) is 26.4 Å². The summed E-state index contributed by atoms with van der Waals surface area (Å²) in [5.74, 6) is 5.54. The summed E-state index contributed by atoms with van der Waals surface area (Å²) in [5, 5.41) is 1.75. The Morgan fingerprint density at radius 2 is 1.08 bits per heavy atom. The number of carbonyl (C=O) groups is 4. The largest absolute Gasteiger partial charge is 0.462 e. The van der Waals surface area contributed by atoms with Gasteiger partial charge in [-0.25, -0.2) is 19.2 Å². The molecule has 0 saturated heterocycles. The molecule has 12 atom stereocenters. The van der Waals surface area contributed by atoms with Crippen molar-refractivity contribution in [3.8, 4) is 0 Å². The lowest BCUT2D eigenvalue weighted by atomic mass is 9.76. The minimum absolute atomic E-state index is 0.298. The first-order valence-corrected chi connectivity index (χ1v) is 19.1. The fourth-order valence-electron chi connectivity index (χ4n) is 11.9. The molecule has 8 nitrogen and oxygen atoms in total. The van der Waals surface area contributed by atoms with E-state index in [1.165, 1.54) is 18.9 Å². The third-order valence-corrected chi connectivity index (χ3v) is 14.0. The summed E-state index contributed by atoms with van der Waals surface area (Å²) >= 11 is 0. The van der Waals surface area contributed by atoms with Crippen LogP contribution in [-0.2, 0) is 28.5 Å². The number of hydrogen-bond acceptors (Lipinski definition) is 8. The van der Waals surface area contributed by atoms with Gasteiger partial charge in [-0.05, 0) is 164 Å². The molecule has 0 aliphatic heterocycles. The first-order valence-electron chi connectivity index (χ1n) is 19.1. The predicted molar refractivity (Wildman–Crippen MR) is 190 cm³/mol. The van der Waals surface area contributed by atoms with E-state index >= 15 is 0 Å². The molecule has 8 heteroatoms. The van der Waals surface area contributed by atoms with Crippen LogP contribution in [0.1, 0.15) is 79.0 Å². The van der Waals surface area contributed by atoms with Gasteiger partial charge < -0.3 is 18.9 Å². The van der Waals surface area contributed by atoms with Crippen molar-refractivity contribution in [2.24, 2.45) is 71.0 Å². The molecule has 270 valence electrons. The van der Waals surface area contributed by atoms with E-state index in [1.807, 2.05) is 24.3 Å². The van der Waals surface area contributed by atoms with Gasteiger partial charge in [0.2, 0.25) is 0 Å². The van der Waals surface area contributed by atoms with Crippen LogP contribution < -0.4 is 0 Å². The molecule has 4 bridgehead atoms. The van der Waals surface area contributed by atoms with Crippen LogP contribution in [0.3, 0.4) is 0 Å². The van der Waals surface area contributed by atoms with Crippen LogP contribution in [0.4, 0.5) is 0 Å². The summed E-state index contributed by atoms with van der Waals surface area (Å²) in [4.78, 5) is 49.7. The van der Waals surface area contributed by atoms with E-state index in [9.17, 15) is 19.2 Å². The Kier molecular flexibility index (Phi) is 9.30. The highest BCUT2D eigenvalue weighted by Crippen LogP contribution is 2.63. The maximum absolute atomic E-state index is 13.1. The molecule has 8 unspecified atom stereocenters. The lowest BCUT2D eigenvalue weighted by Crippen LogP contribution is -2.28. The van der Waals surface area contributed by atoms with Gasteiger partial charge >= 0.3 is 23.9 Å². The minimum atomic E-state index is -0.344. The first kappa shape index (κ1) is 34.2. The molecule has 6 saturated carbocycles. The standard InChI is InChI=1S/C43H50O8/c1-4-40(44)48-21-32-15-30-17-36(32)38-11-24(9-34(30)38)19-49-42(46)28-7-5-27-14-29(8-6-26(27)13-28)43(47)50-20-25-10-35-31-16-33(22-51-41(45)23(2)3)37(18-31)39(35)12-25/h4-8,13-14,24-25,30-39H,1-2,9-12,15-22H2,3H3/t24?,25?,30-,31+,32?,33?,34?,35+,36-,37?,38?,39?/m0/s1. The van der Waals surface area contributed by atoms with Crippen LogP contribution in [0, 0.1) is 71.0 Å². The highest BCUT2D eigenvalue weighted by Gasteiger charge is 2.57. The molecule has 0 aromatic heterocycles. The molecule has 0 amide bonds. The molecule has 0 heterocycles. The summed E-state index contributed by atoms with van der Waals surface area (Å²) in [5.41, 5.74) is 1.47. The smallest absolute Gasteiger partial charge is 0.338 e. The Morgan fingerprint density at radius 1 is 0.608 bits per heavy atom. The maximum Gasteiger partial charge on any atom is 0.338 e. The summed E-state index contributed by atoms with van der Waals surface area (Å²) in [6.45, 7) is 10.7. The van der Waals surface area contributed by atoms with Crippen LogP contribution >= 0.6 is 0 Å². The molecule has 51 heavy (non-hydrogen) atoms. The molecule has 8 rings (SSSR count). The van der Waals surface area contributed by atoms with Crippen molar-refractivity contribution in [3.05, 3.63) is 72.3 Å². The fraction of sp³-hybridized carbons (Fsp3) is 0.581. The lowest BCUT2D eigenvalue weighted by molar-refractivity contribution is -0.141.